The second-order valence-corrected chi connectivity index (χ2v) is 10.5. The first-order valence-corrected chi connectivity index (χ1v) is 12.1. The van der Waals surface area contributed by atoms with Gasteiger partial charge in [0, 0.05) is 6.42 Å². The molecule has 1 aliphatic rings. The molecule has 1 aliphatic heterocycles. The number of carbonyl (C=O) groups is 2. The highest BCUT2D eigenvalue weighted by molar-refractivity contribution is 7.86. The molecule has 0 bridgehead atoms. The van der Waals surface area contributed by atoms with Gasteiger partial charge in [0.25, 0.3) is 10.1 Å². The summed E-state index contributed by atoms with van der Waals surface area (Å²) in [5, 5.41) is 0. The molecule has 0 aliphatic carbocycles. The van der Waals surface area contributed by atoms with E-state index in [1.54, 1.807) is 32.9 Å². The number of likely N-dealkylation sites (tertiary alicyclic amines) is 1. The molecule has 1 saturated heterocycles. The molecule has 1 unspecified atom stereocenters. The summed E-state index contributed by atoms with van der Waals surface area (Å²) in [5.41, 5.74) is 0.914. The average molecular weight is 476 g/mol. The van der Waals surface area contributed by atoms with Crippen LogP contribution in [0.1, 0.15) is 38.3 Å². The smallest absolute Gasteiger partial charge is 0.411 e. The third kappa shape index (κ3) is 6.79. The van der Waals surface area contributed by atoms with Crippen molar-refractivity contribution >= 4 is 22.2 Å². The van der Waals surface area contributed by atoms with Crippen LogP contribution in [0.25, 0.3) is 0 Å². The van der Waals surface area contributed by atoms with Crippen molar-refractivity contribution in [3.63, 3.8) is 0 Å². The van der Waals surface area contributed by atoms with Gasteiger partial charge in [-0.25, -0.2) is 9.59 Å². The number of rotatable bonds is 6. The summed E-state index contributed by atoms with van der Waals surface area (Å²) in [6.45, 7) is 6.88. The lowest BCUT2D eigenvalue weighted by atomic mass is 10.2. The van der Waals surface area contributed by atoms with Gasteiger partial charge < -0.3 is 9.47 Å². The molecule has 9 heteroatoms. The fourth-order valence-electron chi connectivity index (χ4n) is 3.38. The number of ether oxygens (including phenoxy) is 2. The number of carbonyl (C=O) groups excluding carboxylic acids is 2. The van der Waals surface area contributed by atoms with E-state index in [1.165, 1.54) is 17.0 Å². The number of amides is 1. The van der Waals surface area contributed by atoms with Crippen LogP contribution in [0.5, 0.6) is 0 Å². The molecular weight excluding hydrogens is 446 g/mol. The minimum atomic E-state index is -4.08. The Bertz CT molecular complexity index is 1080. The van der Waals surface area contributed by atoms with Gasteiger partial charge in [0.15, 0.2) is 0 Å². The number of nitrogens with zero attached hydrogens (tertiary/aromatic N) is 1. The van der Waals surface area contributed by atoms with Crippen molar-refractivity contribution in [2.75, 3.05) is 6.54 Å². The van der Waals surface area contributed by atoms with E-state index in [-0.39, 0.29) is 24.5 Å². The van der Waals surface area contributed by atoms with Crippen LogP contribution in [0.4, 0.5) is 4.79 Å². The Hall–Kier alpha value is -2.91. The molecule has 0 spiro atoms. The Morgan fingerprint density at radius 3 is 2.27 bits per heavy atom. The van der Waals surface area contributed by atoms with Crippen molar-refractivity contribution in [1.82, 2.24) is 4.90 Å². The Kier molecular flexibility index (Phi) is 7.44. The van der Waals surface area contributed by atoms with E-state index in [1.807, 2.05) is 37.3 Å². The number of benzene rings is 2. The van der Waals surface area contributed by atoms with Crippen molar-refractivity contribution in [3.05, 3.63) is 65.7 Å². The molecule has 2 aromatic carbocycles. The summed E-state index contributed by atoms with van der Waals surface area (Å²) >= 11 is 0. The molecule has 33 heavy (non-hydrogen) atoms. The van der Waals surface area contributed by atoms with E-state index in [0.717, 1.165) is 11.1 Å². The van der Waals surface area contributed by atoms with Gasteiger partial charge >= 0.3 is 12.1 Å². The first-order chi connectivity index (χ1) is 15.4. The van der Waals surface area contributed by atoms with Gasteiger partial charge in [0.2, 0.25) is 0 Å². The van der Waals surface area contributed by atoms with E-state index in [0.29, 0.717) is 0 Å². The molecule has 178 valence electrons. The summed E-state index contributed by atoms with van der Waals surface area (Å²) in [4.78, 5) is 26.8. The fourth-order valence-corrected chi connectivity index (χ4v) is 4.46. The van der Waals surface area contributed by atoms with Gasteiger partial charge in [-0.05, 0) is 45.4 Å². The highest BCUT2D eigenvalue weighted by Crippen LogP contribution is 2.27. The summed E-state index contributed by atoms with van der Waals surface area (Å²) in [6, 6.07) is 14.3. The Balaban J connectivity index is 1.75. The predicted molar refractivity (Wildman–Crippen MR) is 121 cm³/mol. The molecule has 1 amide bonds. The van der Waals surface area contributed by atoms with Crippen LogP contribution in [0.15, 0.2) is 59.5 Å². The minimum Gasteiger partial charge on any atom is -0.459 e. The van der Waals surface area contributed by atoms with Crippen LogP contribution in [0, 0.1) is 6.92 Å². The fraction of sp³-hybridized carbons (Fsp3) is 0.417. The molecule has 8 nitrogen and oxygen atoms in total. The maximum absolute atomic E-state index is 12.8. The summed E-state index contributed by atoms with van der Waals surface area (Å²) in [5.74, 6) is -0.649. The summed E-state index contributed by atoms with van der Waals surface area (Å²) < 4.78 is 41.7. The monoisotopic (exact) mass is 475 g/mol. The largest absolute Gasteiger partial charge is 0.459 e. The zero-order valence-electron chi connectivity index (χ0n) is 19.2. The quantitative estimate of drug-likeness (QED) is 0.463. The summed E-state index contributed by atoms with van der Waals surface area (Å²) in [7, 11) is -4.08. The topological polar surface area (TPSA) is 99.2 Å². The van der Waals surface area contributed by atoms with Crippen molar-refractivity contribution in [3.8, 4) is 0 Å². The summed E-state index contributed by atoms with van der Waals surface area (Å²) in [6.07, 6.45) is -1.68. The Morgan fingerprint density at radius 2 is 1.67 bits per heavy atom. The van der Waals surface area contributed by atoms with Crippen molar-refractivity contribution < 1.29 is 31.7 Å². The molecule has 2 atom stereocenters. The maximum atomic E-state index is 12.8. The highest BCUT2D eigenvalue weighted by atomic mass is 32.2. The molecule has 0 saturated carbocycles. The van der Waals surface area contributed by atoms with Gasteiger partial charge in [-0.1, -0.05) is 48.0 Å². The first kappa shape index (κ1) is 24.7. The molecule has 0 aromatic heterocycles. The SMILES string of the molecule is Cc1ccc(S(=O)(=O)OC2C[C@@H](C(=O)OCc3ccccc3)N(C(=O)OC(C)(C)C)C2)cc1. The zero-order valence-corrected chi connectivity index (χ0v) is 20.0. The second kappa shape index (κ2) is 9.93. The lowest BCUT2D eigenvalue weighted by Gasteiger charge is -2.27. The molecule has 0 N–H and O–H groups in total. The zero-order chi connectivity index (χ0) is 24.2. The van der Waals surface area contributed by atoms with Crippen LogP contribution in [0.3, 0.4) is 0 Å². The Labute approximate surface area is 194 Å². The third-order valence-electron chi connectivity index (χ3n) is 4.96. The number of aryl methyl sites for hydroxylation is 1. The second-order valence-electron chi connectivity index (χ2n) is 8.96. The molecule has 1 heterocycles. The lowest BCUT2D eigenvalue weighted by Crippen LogP contribution is -2.44. The number of esters is 1. The van der Waals surface area contributed by atoms with E-state index >= 15 is 0 Å². The van der Waals surface area contributed by atoms with Gasteiger partial charge in [-0.2, -0.15) is 8.42 Å². The molecular formula is C24H29NO7S. The van der Waals surface area contributed by atoms with Crippen LogP contribution in [-0.2, 0) is 35.2 Å². The van der Waals surface area contributed by atoms with E-state index in [9.17, 15) is 18.0 Å². The minimum absolute atomic E-state index is 0.00650. The van der Waals surface area contributed by atoms with Gasteiger partial charge in [-0.15, -0.1) is 0 Å². The predicted octanol–water partition coefficient (Wildman–Crippen LogP) is 3.82. The van der Waals surface area contributed by atoms with Gasteiger partial charge in [-0.3, -0.25) is 9.08 Å². The molecule has 1 fully saturated rings. The van der Waals surface area contributed by atoms with Crippen LogP contribution >= 0.6 is 0 Å². The average Bonchev–Trinajstić information content (AvgIpc) is 3.15. The van der Waals surface area contributed by atoms with Crippen molar-refractivity contribution in [2.24, 2.45) is 0 Å². The van der Waals surface area contributed by atoms with Crippen LogP contribution in [0.2, 0.25) is 0 Å². The normalized spacial score (nSPS) is 18.7. The van der Waals surface area contributed by atoms with Crippen molar-refractivity contribution in [1.29, 1.82) is 0 Å². The van der Waals surface area contributed by atoms with Gasteiger partial charge in [0.1, 0.15) is 18.2 Å². The maximum Gasteiger partial charge on any atom is 0.411 e. The third-order valence-corrected chi connectivity index (χ3v) is 6.33. The van der Waals surface area contributed by atoms with E-state index < -0.39 is 39.9 Å². The van der Waals surface area contributed by atoms with E-state index in [2.05, 4.69) is 0 Å². The number of hydrogen-bond donors (Lipinski definition) is 0. The van der Waals surface area contributed by atoms with E-state index in [4.69, 9.17) is 13.7 Å². The van der Waals surface area contributed by atoms with Gasteiger partial charge in [0.05, 0.1) is 17.5 Å². The molecule has 0 radical (unpaired) electrons. The Morgan fingerprint density at radius 1 is 1.03 bits per heavy atom. The standard InChI is InChI=1S/C24H29NO7S/c1-17-10-12-20(13-11-17)33(28,29)32-19-14-21(25(15-19)23(27)31-24(2,3)4)22(26)30-16-18-8-6-5-7-9-18/h5-13,19,21H,14-16H2,1-4H3/t19?,21-/m0/s1. The van der Waals surface area contributed by atoms with Crippen molar-refractivity contribution in [2.45, 2.75) is 63.4 Å². The lowest BCUT2D eigenvalue weighted by molar-refractivity contribution is -0.150. The molecule has 3 rings (SSSR count). The molecule has 2 aromatic rings. The first-order valence-electron chi connectivity index (χ1n) is 10.6. The van der Waals surface area contributed by atoms with Crippen LogP contribution in [-0.4, -0.2) is 49.7 Å². The number of hydrogen-bond acceptors (Lipinski definition) is 7. The highest BCUT2D eigenvalue weighted by Gasteiger charge is 2.44. The van der Waals surface area contributed by atoms with Crippen LogP contribution < -0.4 is 0 Å².